The molecule has 0 aliphatic rings. The molecule has 1 heterocycles. The molecule has 0 aliphatic heterocycles. The zero-order valence-electron chi connectivity index (χ0n) is 12.5. The predicted molar refractivity (Wildman–Crippen MR) is 90.3 cm³/mol. The van der Waals surface area contributed by atoms with Crippen molar-refractivity contribution in [2.75, 3.05) is 0 Å². The predicted octanol–water partition coefficient (Wildman–Crippen LogP) is 3.89. The van der Waals surface area contributed by atoms with E-state index in [0.29, 0.717) is 33.7 Å². The Morgan fingerprint density at radius 1 is 1.13 bits per heavy atom. The van der Waals surface area contributed by atoms with Gasteiger partial charge in [0.15, 0.2) is 0 Å². The molecule has 0 atom stereocenters. The third-order valence-corrected chi connectivity index (χ3v) is 3.80. The molecule has 3 rings (SSSR count). The number of hydrogen-bond acceptors (Lipinski definition) is 3. The van der Waals surface area contributed by atoms with Crippen molar-refractivity contribution in [3.8, 4) is 5.75 Å². The minimum absolute atomic E-state index is 0.123. The van der Waals surface area contributed by atoms with Crippen LogP contribution in [0, 0.1) is 0 Å². The van der Waals surface area contributed by atoms with Crippen molar-refractivity contribution in [1.82, 2.24) is 4.57 Å². The van der Waals surface area contributed by atoms with Crippen LogP contribution in [0.5, 0.6) is 5.75 Å². The van der Waals surface area contributed by atoms with Gasteiger partial charge in [-0.05, 0) is 31.2 Å². The van der Waals surface area contributed by atoms with Crippen LogP contribution in [0.3, 0.4) is 0 Å². The van der Waals surface area contributed by atoms with Crippen LogP contribution in [0.1, 0.15) is 17.3 Å². The number of aryl methyl sites for hydroxylation is 1. The molecule has 5 heteroatoms. The zero-order chi connectivity index (χ0) is 16.4. The molecule has 4 nitrogen and oxygen atoms in total. The summed E-state index contributed by atoms with van der Waals surface area (Å²) in [4.78, 5) is 24.9. The second-order valence-corrected chi connectivity index (χ2v) is 5.46. The van der Waals surface area contributed by atoms with Crippen LogP contribution in [0.25, 0.3) is 10.8 Å². The Labute approximate surface area is 137 Å². The largest absolute Gasteiger partial charge is 0.423 e. The van der Waals surface area contributed by atoms with Crippen LogP contribution >= 0.6 is 11.6 Å². The van der Waals surface area contributed by atoms with Crippen LogP contribution in [-0.2, 0) is 6.54 Å². The molecule has 0 saturated carbocycles. The lowest BCUT2D eigenvalue weighted by molar-refractivity contribution is 0.0736. The average Bonchev–Trinajstić information content (AvgIpc) is 2.55. The Morgan fingerprint density at radius 2 is 1.87 bits per heavy atom. The molecule has 0 amide bonds. The van der Waals surface area contributed by atoms with Crippen molar-refractivity contribution in [2.45, 2.75) is 13.5 Å². The highest BCUT2D eigenvalue weighted by Gasteiger charge is 2.16. The quantitative estimate of drug-likeness (QED) is 0.541. The summed E-state index contributed by atoms with van der Waals surface area (Å²) in [5.41, 5.74) is 0.226. The van der Waals surface area contributed by atoms with Gasteiger partial charge < -0.3 is 9.30 Å². The van der Waals surface area contributed by atoms with E-state index < -0.39 is 5.97 Å². The summed E-state index contributed by atoms with van der Waals surface area (Å²) in [6.45, 7) is 2.32. The van der Waals surface area contributed by atoms with Crippen LogP contribution in [0.4, 0.5) is 0 Å². The molecule has 0 aliphatic carbocycles. The molecule has 0 fully saturated rings. The number of ether oxygens (including phenoxy) is 1. The van der Waals surface area contributed by atoms with Gasteiger partial charge in [0.2, 0.25) is 0 Å². The maximum absolute atomic E-state index is 12.5. The Hall–Kier alpha value is -2.59. The number of carbonyl (C=O) groups excluding carboxylic acids is 1. The molecule has 0 bridgehead atoms. The first kappa shape index (κ1) is 15.3. The Balaban J connectivity index is 2.10. The highest BCUT2D eigenvalue weighted by atomic mass is 35.5. The van der Waals surface area contributed by atoms with Crippen molar-refractivity contribution < 1.29 is 9.53 Å². The minimum Gasteiger partial charge on any atom is -0.423 e. The van der Waals surface area contributed by atoms with E-state index in [1.54, 1.807) is 48.5 Å². The van der Waals surface area contributed by atoms with Crippen LogP contribution in [0.2, 0.25) is 5.02 Å². The molecule has 2 aromatic carbocycles. The fourth-order valence-corrected chi connectivity index (χ4v) is 2.61. The summed E-state index contributed by atoms with van der Waals surface area (Å²) in [5, 5.41) is 1.56. The van der Waals surface area contributed by atoms with E-state index in [1.807, 2.05) is 6.92 Å². The number of pyridine rings is 1. The van der Waals surface area contributed by atoms with Gasteiger partial charge in [0, 0.05) is 28.5 Å². The zero-order valence-corrected chi connectivity index (χ0v) is 13.2. The summed E-state index contributed by atoms with van der Waals surface area (Å²) in [5.74, 6) is -0.161. The van der Waals surface area contributed by atoms with Crippen LogP contribution < -0.4 is 10.3 Å². The first-order valence-corrected chi connectivity index (χ1v) is 7.58. The van der Waals surface area contributed by atoms with Crippen LogP contribution in [0.15, 0.2) is 59.5 Å². The van der Waals surface area contributed by atoms with Crippen molar-refractivity contribution in [3.63, 3.8) is 0 Å². The summed E-state index contributed by atoms with van der Waals surface area (Å²) in [7, 11) is 0. The monoisotopic (exact) mass is 327 g/mol. The molecule has 1 aromatic heterocycles. The van der Waals surface area contributed by atoms with Gasteiger partial charge in [-0.15, -0.1) is 0 Å². The van der Waals surface area contributed by atoms with E-state index in [0.717, 1.165) is 0 Å². The maximum atomic E-state index is 12.5. The Morgan fingerprint density at radius 3 is 2.57 bits per heavy atom. The standard InChI is InChI=1S/C18H14ClNO3/c1-2-20-11-16(14-8-3-4-9-15(14)17(20)21)18(22)23-13-7-5-6-12(19)10-13/h3-11H,2H2,1H3. The van der Waals surface area contributed by atoms with Crippen molar-refractivity contribution in [3.05, 3.63) is 75.7 Å². The molecule has 0 unspecified atom stereocenters. The number of hydrogen-bond donors (Lipinski definition) is 0. The van der Waals surface area contributed by atoms with Gasteiger partial charge in [0.25, 0.3) is 5.56 Å². The highest BCUT2D eigenvalue weighted by molar-refractivity contribution is 6.30. The summed E-state index contributed by atoms with van der Waals surface area (Å²) >= 11 is 5.90. The summed E-state index contributed by atoms with van der Waals surface area (Å²) in [6, 6.07) is 13.6. The van der Waals surface area contributed by atoms with E-state index >= 15 is 0 Å². The minimum atomic E-state index is -0.523. The fourth-order valence-electron chi connectivity index (χ4n) is 2.43. The van der Waals surface area contributed by atoms with E-state index in [9.17, 15) is 9.59 Å². The van der Waals surface area contributed by atoms with Gasteiger partial charge in [-0.3, -0.25) is 4.79 Å². The molecule has 0 N–H and O–H groups in total. The molecular weight excluding hydrogens is 314 g/mol. The Bertz CT molecular complexity index is 946. The van der Waals surface area contributed by atoms with Crippen molar-refractivity contribution in [1.29, 1.82) is 0 Å². The molecule has 116 valence electrons. The molecular formula is C18H14ClNO3. The second kappa shape index (κ2) is 6.26. The number of rotatable bonds is 3. The summed E-state index contributed by atoms with van der Waals surface area (Å²) in [6.07, 6.45) is 1.54. The van der Waals surface area contributed by atoms with Gasteiger partial charge >= 0.3 is 5.97 Å². The number of benzene rings is 2. The smallest absolute Gasteiger partial charge is 0.345 e. The molecule has 23 heavy (non-hydrogen) atoms. The van der Waals surface area contributed by atoms with E-state index in [1.165, 1.54) is 10.8 Å². The first-order chi connectivity index (χ1) is 11.1. The maximum Gasteiger partial charge on any atom is 0.345 e. The van der Waals surface area contributed by atoms with E-state index in [-0.39, 0.29) is 5.56 Å². The third kappa shape index (κ3) is 2.98. The lowest BCUT2D eigenvalue weighted by Crippen LogP contribution is -2.22. The second-order valence-electron chi connectivity index (χ2n) is 5.03. The van der Waals surface area contributed by atoms with Gasteiger partial charge in [0.05, 0.1) is 5.56 Å². The third-order valence-electron chi connectivity index (χ3n) is 3.56. The number of nitrogens with zero attached hydrogens (tertiary/aromatic N) is 1. The fraction of sp³-hybridized carbons (Fsp3) is 0.111. The topological polar surface area (TPSA) is 48.3 Å². The normalized spacial score (nSPS) is 10.7. The van der Waals surface area contributed by atoms with Crippen LogP contribution in [-0.4, -0.2) is 10.5 Å². The van der Waals surface area contributed by atoms with Gasteiger partial charge in [-0.25, -0.2) is 4.79 Å². The number of fused-ring (bicyclic) bond motifs is 1. The first-order valence-electron chi connectivity index (χ1n) is 7.20. The Kier molecular flexibility index (Phi) is 4.17. The number of halogens is 1. The molecule has 0 spiro atoms. The SMILES string of the molecule is CCn1cc(C(=O)Oc2cccc(Cl)c2)c2ccccc2c1=O. The van der Waals surface area contributed by atoms with Gasteiger partial charge in [-0.2, -0.15) is 0 Å². The molecule has 3 aromatic rings. The van der Waals surface area contributed by atoms with Gasteiger partial charge in [0.1, 0.15) is 5.75 Å². The van der Waals surface area contributed by atoms with Crippen molar-refractivity contribution >= 4 is 28.3 Å². The van der Waals surface area contributed by atoms with Crippen molar-refractivity contribution in [2.24, 2.45) is 0 Å². The number of aromatic nitrogens is 1. The lowest BCUT2D eigenvalue weighted by Gasteiger charge is -2.10. The van der Waals surface area contributed by atoms with Gasteiger partial charge in [-0.1, -0.05) is 35.9 Å². The number of esters is 1. The molecule has 0 radical (unpaired) electrons. The van der Waals surface area contributed by atoms with E-state index in [4.69, 9.17) is 16.3 Å². The summed E-state index contributed by atoms with van der Waals surface area (Å²) < 4.78 is 6.89. The molecule has 0 saturated heterocycles. The highest BCUT2D eigenvalue weighted by Crippen LogP contribution is 2.21. The average molecular weight is 328 g/mol. The lowest BCUT2D eigenvalue weighted by atomic mass is 10.1. The number of carbonyl (C=O) groups is 1. The van der Waals surface area contributed by atoms with E-state index in [2.05, 4.69) is 0 Å².